The van der Waals surface area contributed by atoms with E-state index in [9.17, 15) is 0 Å². The molecule has 1 atom stereocenters. The lowest BCUT2D eigenvalue weighted by molar-refractivity contribution is 0.213. The van der Waals surface area contributed by atoms with Gasteiger partial charge in [0.05, 0.1) is 0 Å². The summed E-state index contributed by atoms with van der Waals surface area (Å²) in [7, 11) is 0. The van der Waals surface area contributed by atoms with Gasteiger partial charge < -0.3 is 4.90 Å². The third-order valence-corrected chi connectivity index (χ3v) is 5.08. The Hall–Kier alpha value is -0.180. The van der Waals surface area contributed by atoms with E-state index >= 15 is 0 Å². The van der Waals surface area contributed by atoms with Gasteiger partial charge >= 0.3 is 0 Å². The maximum absolute atomic E-state index is 5.82. The van der Waals surface area contributed by atoms with Crippen molar-refractivity contribution in [2.75, 3.05) is 24.7 Å². The monoisotopic (exact) mass is 283 g/mol. The van der Waals surface area contributed by atoms with Gasteiger partial charge in [0, 0.05) is 35.0 Å². The van der Waals surface area contributed by atoms with Crippen molar-refractivity contribution in [2.24, 2.45) is 0 Å². The molecule has 0 aromatic heterocycles. The number of hydrogen-bond acceptors (Lipinski definition) is 2. The maximum Gasteiger partial charge on any atom is 0.0235 e. The molecule has 0 bridgehead atoms. The van der Waals surface area contributed by atoms with Crippen molar-refractivity contribution >= 4 is 23.4 Å². The summed E-state index contributed by atoms with van der Waals surface area (Å²) in [6, 6.07) is 9.45. The van der Waals surface area contributed by atoms with Gasteiger partial charge in [0.1, 0.15) is 0 Å². The predicted octanol–water partition coefficient (Wildman–Crippen LogP) is 4.22. The van der Waals surface area contributed by atoms with Crippen molar-refractivity contribution in [3.8, 4) is 0 Å². The highest BCUT2D eigenvalue weighted by molar-refractivity contribution is 7.99. The lowest BCUT2D eigenvalue weighted by Crippen LogP contribution is -2.35. The summed E-state index contributed by atoms with van der Waals surface area (Å²) in [6.07, 6.45) is 1.08. The van der Waals surface area contributed by atoms with Gasteiger partial charge in [-0.3, -0.25) is 0 Å². The third-order valence-electron chi connectivity index (χ3n) is 3.56. The summed E-state index contributed by atoms with van der Waals surface area (Å²) < 4.78 is 0. The second kappa shape index (κ2) is 6.83. The summed E-state index contributed by atoms with van der Waals surface area (Å²) in [6.45, 7) is 6.84. The van der Waals surface area contributed by atoms with Crippen LogP contribution in [0.25, 0.3) is 0 Å². The highest BCUT2D eigenvalue weighted by Gasteiger charge is 2.25. The molecule has 0 N–H and O–H groups in total. The Balaban J connectivity index is 2.00. The van der Waals surface area contributed by atoms with E-state index in [2.05, 4.69) is 43.0 Å². The van der Waals surface area contributed by atoms with E-state index in [4.69, 9.17) is 11.6 Å². The van der Waals surface area contributed by atoms with Crippen LogP contribution in [0.5, 0.6) is 0 Å². The molecular weight excluding hydrogens is 262 g/mol. The fourth-order valence-corrected chi connectivity index (χ4v) is 3.85. The molecule has 18 heavy (non-hydrogen) atoms. The summed E-state index contributed by atoms with van der Waals surface area (Å²) in [5, 5.41) is 0. The Labute approximate surface area is 120 Å². The molecule has 0 saturated carbocycles. The van der Waals surface area contributed by atoms with E-state index < -0.39 is 0 Å². The maximum atomic E-state index is 5.82. The van der Waals surface area contributed by atoms with Crippen LogP contribution in [0.4, 0.5) is 0 Å². The Bertz CT molecular complexity index is 381. The van der Waals surface area contributed by atoms with Crippen LogP contribution in [0, 0.1) is 0 Å². The topological polar surface area (TPSA) is 3.24 Å². The van der Waals surface area contributed by atoms with Gasteiger partial charge in [-0.2, -0.15) is 0 Å². The van der Waals surface area contributed by atoms with E-state index in [1.165, 1.54) is 17.2 Å². The largest absolute Gasteiger partial charge is 0.300 e. The molecule has 0 amide bonds. The van der Waals surface area contributed by atoms with E-state index in [1.54, 1.807) is 5.56 Å². The molecule has 100 valence electrons. The lowest BCUT2D eigenvalue weighted by atomic mass is 10.00. The van der Waals surface area contributed by atoms with E-state index in [0.29, 0.717) is 12.0 Å². The van der Waals surface area contributed by atoms with Crippen LogP contribution in [0.15, 0.2) is 29.2 Å². The molecule has 3 heteroatoms. The second-order valence-corrected chi connectivity index (χ2v) is 6.62. The van der Waals surface area contributed by atoms with E-state index in [0.717, 1.165) is 18.8 Å². The summed E-state index contributed by atoms with van der Waals surface area (Å²) in [5.74, 6) is 2.67. The number of fused-ring (bicyclic) bond motifs is 1. The highest BCUT2D eigenvalue weighted by atomic mass is 35.5. The van der Waals surface area contributed by atoms with E-state index in [1.807, 2.05) is 11.8 Å². The van der Waals surface area contributed by atoms with Crippen molar-refractivity contribution in [3.05, 3.63) is 29.8 Å². The molecular formula is C15H22ClNS. The molecule has 1 heterocycles. The van der Waals surface area contributed by atoms with Crippen LogP contribution < -0.4 is 0 Å². The SMILES string of the molecule is CC(C)N(CCCCl)CC1CSc2ccccc21. The number of nitrogens with zero attached hydrogens (tertiary/aromatic N) is 1. The standard InChI is InChI=1S/C15H22ClNS/c1-12(2)17(9-5-8-16)10-13-11-18-15-7-4-3-6-14(13)15/h3-4,6-7,12-13H,5,8-11H2,1-2H3. The number of hydrogen-bond donors (Lipinski definition) is 0. The first-order valence-electron chi connectivity index (χ1n) is 6.74. The zero-order valence-corrected chi connectivity index (χ0v) is 12.8. The number of halogens is 1. The van der Waals surface area contributed by atoms with Gasteiger partial charge in [0.2, 0.25) is 0 Å². The molecule has 1 nitrogen and oxygen atoms in total. The van der Waals surface area contributed by atoms with Gasteiger partial charge in [0.15, 0.2) is 0 Å². The number of alkyl halides is 1. The minimum absolute atomic E-state index is 0.603. The molecule has 0 fully saturated rings. The number of rotatable bonds is 6. The first kappa shape index (κ1) is 14.2. The average Bonchev–Trinajstić information content (AvgIpc) is 2.77. The molecule has 0 aliphatic carbocycles. The van der Waals surface area contributed by atoms with Crippen LogP contribution in [0.1, 0.15) is 31.7 Å². The molecule has 0 radical (unpaired) electrons. The van der Waals surface area contributed by atoms with Crippen molar-refractivity contribution in [1.29, 1.82) is 0 Å². The molecule has 0 saturated heterocycles. The quantitative estimate of drug-likeness (QED) is 0.719. The minimum atomic E-state index is 0.603. The van der Waals surface area contributed by atoms with Gasteiger partial charge in [-0.1, -0.05) is 18.2 Å². The Morgan fingerprint density at radius 1 is 1.39 bits per heavy atom. The number of thioether (sulfide) groups is 1. The Morgan fingerprint density at radius 3 is 2.89 bits per heavy atom. The predicted molar refractivity (Wildman–Crippen MR) is 82.0 cm³/mol. The van der Waals surface area contributed by atoms with Crippen LogP contribution in [0.2, 0.25) is 0 Å². The molecule has 0 spiro atoms. The molecule has 2 rings (SSSR count). The Morgan fingerprint density at radius 2 is 2.17 bits per heavy atom. The van der Waals surface area contributed by atoms with Gasteiger partial charge in [-0.25, -0.2) is 0 Å². The first-order chi connectivity index (χ1) is 8.72. The molecule has 1 aromatic rings. The highest BCUT2D eigenvalue weighted by Crippen LogP contribution is 2.39. The van der Waals surface area contributed by atoms with Crippen LogP contribution in [0.3, 0.4) is 0 Å². The smallest absolute Gasteiger partial charge is 0.0235 e. The third kappa shape index (κ3) is 3.43. The van der Waals surface area contributed by atoms with Crippen LogP contribution >= 0.6 is 23.4 Å². The Kier molecular flexibility index (Phi) is 5.40. The van der Waals surface area contributed by atoms with Crippen LogP contribution in [-0.4, -0.2) is 35.7 Å². The van der Waals surface area contributed by atoms with Gasteiger partial charge in [0.25, 0.3) is 0 Å². The average molecular weight is 284 g/mol. The van der Waals surface area contributed by atoms with Crippen molar-refractivity contribution in [2.45, 2.75) is 37.1 Å². The molecule has 1 aliphatic heterocycles. The fourth-order valence-electron chi connectivity index (χ4n) is 2.49. The second-order valence-electron chi connectivity index (χ2n) is 5.18. The fraction of sp³-hybridized carbons (Fsp3) is 0.600. The molecule has 1 aliphatic rings. The molecule has 1 aromatic carbocycles. The summed E-state index contributed by atoms with van der Waals surface area (Å²) in [4.78, 5) is 4.04. The van der Waals surface area contributed by atoms with Crippen molar-refractivity contribution < 1.29 is 0 Å². The summed E-state index contributed by atoms with van der Waals surface area (Å²) >= 11 is 7.82. The van der Waals surface area contributed by atoms with E-state index in [-0.39, 0.29) is 0 Å². The first-order valence-corrected chi connectivity index (χ1v) is 8.26. The normalized spacial score (nSPS) is 18.6. The van der Waals surface area contributed by atoms with Crippen LogP contribution in [-0.2, 0) is 0 Å². The zero-order chi connectivity index (χ0) is 13.0. The van der Waals surface area contributed by atoms with Gasteiger partial charge in [-0.15, -0.1) is 23.4 Å². The zero-order valence-electron chi connectivity index (χ0n) is 11.2. The molecule has 1 unspecified atom stereocenters. The lowest BCUT2D eigenvalue weighted by Gasteiger charge is -2.29. The van der Waals surface area contributed by atoms with Gasteiger partial charge in [-0.05, 0) is 38.4 Å². The number of benzene rings is 1. The minimum Gasteiger partial charge on any atom is -0.300 e. The van der Waals surface area contributed by atoms with Crippen molar-refractivity contribution in [1.82, 2.24) is 4.90 Å². The van der Waals surface area contributed by atoms with Crippen molar-refractivity contribution in [3.63, 3.8) is 0 Å². The summed E-state index contributed by atoms with van der Waals surface area (Å²) in [5.41, 5.74) is 1.54.